The first-order chi connectivity index (χ1) is 6.89. The van der Waals surface area contributed by atoms with Gasteiger partial charge in [0, 0.05) is 9.58 Å². The van der Waals surface area contributed by atoms with Crippen LogP contribution in [0.25, 0.3) is 10.1 Å². The highest BCUT2D eigenvalue weighted by Crippen LogP contribution is 2.38. The van der Waals surface area contributed by atoms with Crippen molar-refractivity contribution in [3.63, 3.8) is 0 Å². The summed E-state index contributed by atoms with van der Waals surface area (Å²) in [5.74, 6) is 0. The van der Waals surface area contributed by atoms with Gasteiger partial charge in [-0.25, -0.2) is 0 Å². The molecule has 0 spiro atoms. The molecule has 0 nitrogen and oxygen atoms in total. The maximum Gasteiger partial charge on any atom is 0.0351 e. The molecule has 80 valence electrons. The van der Waals surface area contributed by atoms with Gasteiger partial charge in [0.2, 0.25) is 0 Å². The standard InChI is InChI=1S/C14H18S/c1-9-6-7-11-10(2)13(14(3,4)5)15-12(11)8-9/h6-8H,1-5H3. The van der Waals surface area contributed by atoms with Crippen molar-refractivity contribution in [2.75, 3.05) is 0 Å². The highest BCUT2D eigenvalue weighted by Gasteiger charge is 2.20. The number of hydrogen-bond donors (Lipinski definition) is 0. The number of fused-ring (bicyclic) bond motifs is 1. The molecule has 0 amide bonds. The zero-order valence-corrected chi connectivity index (χ0v) is 11.0. The summed E-state index contributed by atoms with van der Waals surface area (Å²) in [7, 11) is 0. The molecule has 0 saturated heterocycles. The second-order valence-corrected chi connectivity index (χ2v) is 6.36. The molecule has 0 aliphatic heterocycles. The Kier molecular flexibility index (Phi) is 2.38. The molecule has 0 atom stereocenters. The molecule has 0 N–H and O–H groups in total. The average Bonchev–Trinajstić information content (AvgIpc) is 2.42. The van der Waals surface area contributed by atoms with Crippen LogP contribution in [0.15, 0.2) is 18.2 Å². The molecular weight excluding hydrogens is 200 g/mol. The van der Waals surface area contributed by atoms with Crippen molar-refractivity contribution in [1.82, 2.24) is 0 Å². The first-order valence-corrected chi connectivity index (χ1v) is 6.21. The SMILES string of the molecule is Cc1ccc2c(C)c(C(C)(C)C)sc2c1. The Balaban J connectivity index is 2.75. The number of benzene rings is 1. The number of rotatable bonds is 0. The first kappa shape index (κ1) is 10.7. The van der Waals surface area contributed by atoms with Crippen molar-refractivity contribution in [1.29, 1.82) is 0 Å². The van der Waals surface area contributed by atoms with Crippen LogP contribution in [0.3, 0.4) is 0 Å². The van der Waals surface area contributed by atoms with Gasteiger partial charge in [-0.1, -0.05) is 32.9 Å². The van der Waals surface area contributed by atoms with Crippen LogP contribution in [0.1, 0.15) is 36.8 Å². The molecule has 0 bridgehead atoms. The predicted octanol–water partition coefficient (Wildman–Crippen LogP) is 4.82. The van der Waals surface area contributed by atoms with Crippen LogP contribution in [0, 0.1) is 13.8 Å². The molecule has 1 heteroatoms. The molecule has 0 unspecified atom stereocenters. The van der Waals surface area contributed by atoms with Crippen LogP contribution in [-0.2, 0) is 5.41 Å². The maximum absolute atomic E-state index is 2.29. The van der Waals surface area contributed by atoms with E-state index in [0.717, 1.165) is 0 Å². The third kappa shape index (κ3) is 1.81. The number of thiophene rings is 1. The van der Waals surface area contributed by atoms with E-state index in [9.17, 15) is 0 Å². The molecule has 1 heterocycles. The van der Waals surface area contributed by atoms with Gasteiger partial charge in [0.1, 0.15) is 0 Å². The highest BCUT2D eigenvalue weighted by molar-refractivity contribution is 7.19. The van der Waals surface area contributed by atoms with E-state index in [1.807, 2.05) is 11.3 Å². The third-order valence-electron chi connectivity index (χ3n) is 2.77. The van der Waals surface area contributed by atoms with Gasteiger partial charge in [0.15, 0.2) is 0 Å². The van der Waals surface area contributed by atoms with Gasteiger partial charge in [-0.2, -0.15) is 0 Å². The Hall–Kier alpha value is -0.820. The van der Waals surface area contributed by atoms with Gasteiger partial charge in [0.05, 0.1) is 0 Å². The van der Waals surface area contributed by atoms with Crippen molar-refractivity contribution < 1.29 is 0 Å². The van der Waals surface area contributed by atoms with Gasteiger partial charge < -0.3 is 0 Å². The Morgan fingerprint density at radius 1 is 1.07 bits per heavy atom. The minimum Gasteiger partial charge on any atom is -0.139 e. The summed E-state index contributed by atoms with van der Waals surface area (Å²) >= 11 is 1.94. The zero-order chi connectivity index (χ0) is 11.2. The van der Waals surface area contributed by atoms with Gasteiger partial charge in [0.25, 0.3) is 0 Å². The fourth-order valence-corrected chi connectivity index (χ4v) is 3.41. The first-order valence-electron chi connectivity index (χ1n) is 5.40. The molecule has 2 aromatic rings. The van der Waals surface area contributed by atoms with Crippen LogP contribution >= 0.6 is 11.3 Å². The van der Waals surface area contributed by atoms with Crippen molar-refractivity contribution in [3.05, 3.63) is 34.2 Å². The normalized spacial score (nSPS) is 12.3. The highest BCUT2D eigenvalue weighted by atomic mass is 32.1. The summed E-state index contributed by atoms with van der Waals surface area (Å²) in [4.78, 5) is 1.52. The van der Waals surface area contributed by atoms with Crippen molar-refractivity contribution >= 4 is 21.4 Å². The summed E-state index contributed by atoms with van der Waals surface area (Å²) in [5, 5.41) is 1.43. The molecular formula is C14H18S. The second-order valence-electron chi connectivity index (χ2n) is 5.31. The van der Waals surface area contributed by atoms with E-state index in [1.165, 1.54) is 26.1 Å². The van der Waals surface area contributed by atoms with Gasteiger partial charge >= 0.3 is 0 Å². The third-order valence-corrected chi connectivity index (χ3v) is 4.46. The number of hydrogen-bond acceptors (Lipinski definition) is 1. The fraction of sp³-hybridized carbons (Fsp3) is 0.429. The van der Waals surface area contributed by atoms with Crippen LogP contribution in [0.4, 0.5) is 0 Å². The smallest absolute Gasteiger partial charge is 0.0351 e. The lowest BCUT2D eigenvalue weighted by molar-refractivity contribution is 0.601. The quantitative estimate of drug-likeness (QED) is 0.595. The van der Waals surface area contributed by atoms with Gasteiger partial charge in [-0.15, -0.1) is 11.3 Å². The van der Waals surface area contributed by atoms with Crippen molar-refractivity contribution in [3.8, 4) is 0 Å². The summed E-state index contributed by atoms with van der Waals surface area (Å²) in [6, 6.07) is 6.75. The molecule has 0 aliphatic carbocycles. The molecule has 2 rings (SSSR count). The van der Waals surface area contributed by atoms with Gasteiger partial charge in [-0.3, -0.25) is 0 Å². The monoisotopic (exact) mass is 218 g/mol. The van der Waals surface area contributed by atoms with Crippen LogP contribution in [-0.4, -0.2) is 0 Å². The molecule has 0 saturated carbocycles. The van der Waals surface area contributed by atoms with E-state index in [0.29, 0.717) is 0 Å². The van der Waals surface area contributed by atoms with E-state index in [2.05, 4.69) is 52.8 Å². The lowest BCUT2D eigenvalue weighted by Gasteiger charge is -2.17. The fourth-order valence-electron chi connectivity index (χ4n) is 2.05. The van der Waals surface area contributed by atoms with E-state index in [4.69, 9.17) is 0 Å². The molecule has 0 fully saturated rings. The van der Waals surface area contributed by atoms with E-state index in [1.54, 1.807) is 0 Å². The van der Waals surface area contributed by atoms with Crippen LogP contribution < -0.4 is 0 Å². The van der Waals surface area contributed by atoms with E-state index < -0.39 is 0 Å². The minimum absolute atomic E-state index is 0.266. The van der Waals surface area contributed by atoms with Crippen molar-refractivity contribution in [2.45, 2.75) is 40.0 Å². The Morgan fingerprint density at radius 3 is 2.33 bits per heavy atom. The summed E-state index contributed by atoms with van der Waals surface area (Å²) in [5.41, 5.74) is 3.08. The predicted molar refractivity (Wildman–Crippen MR) is 70.0 cm³/mol. The second kappa shape index (κ2) is 3.34. The molecule has 0 aliphatic rings. The van der Waals surface area contributed by atoms with Crippen LogP contribution in [0.2, 0.25) is 0 Å². The Labute approximate surface area is 95.9 Å². The lowest BCUT2D eigenvalue weighted by atomic mass is 9.91. The summed E-state index contributed by atoms with van der Waals surface area (Å²) < 4.78 is 1.43. The molecule has 0 radical (unpaired) electrons. The lowest BCUT2D eigenvalue weighted by Crippen LogP contribution is -2.09. The van der Waals surface area contributed by atoms with Crippen LogP contribution in [0.5, 0.6) is 0 Å². The Bertz CT molecular complexity index is 498. The van der Waals surface area contributed by atoms with E-state index in [-0.39, 0.29) is 5.41 Å². The van der Waals surface area contributed by atoms with Crippen molar-refractivity contribution in [2.24, 2.45) is 0 Å². The molecule has 1 aromatic heterocycles. The molecule has 1 aromatic carbocycles. The van der Waals surface area contributed by atoms with E-state index >= 15 is 0 Å². The summed E-state index contributed by atoms with van der Waals surface area (Å²) in [6.07, 6.45) is 0. The largest absolute Gasteiger partial charge is 0.139 e. The van der Waals surface area contributed by atoms with Gasteiger partial charge in [-0.05, 0) is 41.8 Å². The maximum atomic E-state index is 2.29. The minimum atomic E-state index is 0.266. The average molecular weight is 218 g/mol. The Morgan fingerprint density at radius 2 is 1.73 bits per heavy atom. The summed E-state index contributed by atoms with van der Waals surface area (Å²) in [6.45, 7) is 11.3. The number of aryl methyl sites for hydroxylation is 2. The zero-order valence-electron chi connectivity index (χ0n) is 10.1. The topological polar surface area (TPSA) is 0 Å². The molecule has 15 heavy (non-hydrogen) atoms.